The Bertz CT molecular complexity index is 231. The maximum atomic E-state index is 11.3. The molecule has 0 aliphatic carbocycles. The quantitative estimate of drug-likeness (QED) is 0.708. The third-order valence-corrected chi connectivity index (χ3v) is 3.89. The van der Waals surface area contributed by atoms with Gasteiger partial charge in [0.2, 0.25) is 5.91 Å². The second-order valence-electron chi connectivity index (χ2n) is 3.63. The van der Waals surface area contributed by atoms with Crippen LogP contribution in [-0.2, 0) is 9.59 Å². The van der Waals surface area contributed by atoms with Gasteiger partial charge in [0, 0.05) is 11.3 Å². The second-order valence-corrected chi connectivity index (χ2v) is 6.13. The Labute approximate surface area is 98.6 Å². The van der Waals surface area contributed by atoms with Crippen molar-refractivity contribution in [3.05, 3.63) is 0 Å². The zero-order chi connectivity index (χ0) is 11.9. The van der Waals surface area contributed by atoms with Crippen LogP contribution < -0.4 is 5.32 Å². The Hall–Kier alpha value is -0.360. The first-order valence-electron chi connectivity index (χ1n) is 4.49. The van der Waals surface area contributed by atoms with Crippen LogP contribution in [0.15, 0.2) is 0 Å². The highest BCUT2D eigenvalue weighted by Crippen LogP contribution is 2.19. The van der Waals surface area contributed by atoms with Gasteiger partial charge in [-0.15, -0.1) is 11.8 Å². The fraction of sp³-hybridized carbons (Fsp3) is 0.778. The molecule has 0 unspecified atom stereocenters. The van der Waals surface area contributed by atoms with E-state index in [2.05, 4.69) is 5.32 Å². The summed E-state index contributed by atoms with van der Waals surface area (Å²) in [4.78, 5) is 21.4. The molecule has 2 N–H and O–H groups in total. The number of carbonyl (C=O) groups excluding carboxylic acids is 1. The molecule has 0 bridgehead atoms. The summed E-state index contributed by atoms with van der Waals surface area (Å²) in [6.45, 7) is 4.69. The van der Waals surface area contributed by atoms with Gasteiger partial charge in [-0.25, -0.2) is 0 Å². The molecular weight excluding hydrogens is 234 g/mol. The van der Waals surface area contributed by atoms with E-state index in [4.69, 9.17) is 5.11 Å². The smallest absolute Gasteiger partial charge is 0.313 e. The average Bonchev–Trinajstić information content (AvgIpc) is 2.14. The van der Waals surface area contributed by atoms with Crippen molar-refractivity contribution in [2.24, 2.45) is 0 Å². The third-order valence-electron chi connectivity index (χ3n) is 1.72. The number of amides is 1. The topological polar surface area (TPSA) is 66.4 Å². The van der Waals surface area contributed by atoms with Crippen LogP contribution in [0.1, 0.15) is 13.8 Å². The van der Waals surface area contributed by atoms with E-state index < -0.39 is 5.97 Å². The number of rotatable bonds is 7. The number of nitrogens with one attached hydrogen (secondary N) is 1. The highest BCUT2D eigenvalue weighted by atomic mass is 32.2. The van der Waals surface area contributed by atoms with Crippen LogP contribution in [0.4, 0.5) is 0 Å². The van der Waals surface area contributed by atoms with Crippen LogP contribution in [0.25, 0.3) is 0 Å². The fourth-order valence-electron chi connectivity index (χ4n) is 0.666. The maximum absolute atomic E-state index is 11.3. The van der Waals surface area contributed by atoms with Gasteiger partial charge >= 0.3 is 5.97 Å². The van der Waals surface area contributed by atoms with Crippen molar-refractivity contribution in [2.45, 2.75) is 18.6 Å². The van der Waals surface area contributed by atoms with Gasteiger partial charge in [-0.2, -0.15) is 11.8 Å². The molecule has 0 aromatic heterocycles. The molecule has 0 aliphatic heterocycles. The van der Waals surface area contributed by atoms with Gasteiger partial charge in [0.1, 0.15) is 0 Å². The first kappa shape index (κ1) is 14.6. The minimum absolute atomic E-state index is 0.0210. The molecule has 0 aromatic rings. The van der Waals surface area contributed by atoms with Crippen molar-refractivity contribution in [3.63, 3.8) is 0 Å². The first-order chi connectivity index (χ1) is 6.87. The predicted octanol–water partition coefficient (Wildman–Crippen LogP) is 1.06. The Balaban J connectivity index is 3.62. The summed E-state index contributed by atoms with van der Waals surface area (Å²) in [7, 11) is 0. The molecule has 0 saturated carbocycles. The summed E-state index contributed by atoms with van der Waals surface area (Å²) in [6.07, 6.45) is 1.99. The van der Waals surface area contributed by atoms with E-state index in [-0.39, 0.29) is 22.2 Å². The van der Waals surface area contributed by atoms with E-state index in [1.807, 2.05) is 20.1 Å². The number of hydrogen-bond acceptors (Lipinski definition) is 4. The van der Waals surface area contributed by atoms with Gasteiger partial charge in [0.25, 0.3) is 0 Å². The number of thioether (sulfide) groups is 2. The summed E-state index contributed by atoms with van der Waals surface area (Å²) in [5, 5.41) is 11.1. The molecule has 0 aliphatic rings. The van der Waals surface area contributed by atoms with Crippen molar-refractivity contribution in [1.29, 1.82) is 0 Å². The van der Waals surface area contributed by atoms with Crippen LogP contribution in [-0.4, -0.2) is 46.0 Å². The fourth-order valence-corrected chi connectivity index (χ4v) is 1.45. The Morgan fingerprint density at radius 2 is 1.93 bits per heavy atom. The normalized spacial score (nSPS) is 11.1. The summed E-state index contributed by atoms with van der Waals surface area (Å²) in [6, 6.07) is 0. The molecule has 0 spiro atoms. The van der Waals surface area contributed by atoms with E-state index in [1.54, 1.807) is 11.8 Å². The van der Waals surface area contributed by atoms with Crippen molar-refractivity contribution in [3.8, 4) is 0 Å². The Kier molecular flexibility index (Phi) is 6.84. The predicted molar refractivity (Wildman–Crippen MR) is 65.6 cm³/mol. The van der Waals surface area contributed by atoms with Gasteiger partial charge in [-0.05, 0) is 20.1 Å². The second kappa shape index (κ2) is 7.00. The minimum atomic E-state index is -0.891. The molecule has 0 heterocycles. The molecule has 4 nitrogen and oxygen atoms in total. The highest BCUT2D eigenvalue weighted by Gasteiger charge is 2.16. The van der Waals surface area contributed by atoms with Crippen LogP contribution >= 0.6 is 23.5 Å². The van der Waals surface area contributed by atoms with E-state index >= 15 is 0 Å². The van der Waals surface area contributed by atoms with E-state index in [0.717, 1.165) is 11.8 Å². The molecule has 0 fully saturated rings. The van der Waals surface area contributed by atoms with Crippen molar-refractivity contribution in [2.75, 3.05) is 24.3 Å². The molecule has 88 valence electrons. The largest absolute Gasteiger partial charge is 0.481 e. The summed E-state index contributed by atoms with van der Waals surface area (Å²) in [5.74, 6) is -0.823. The number of carboxylic acids is 1. The van der Waals surface area contributed by atoms with Gasteiger partial charge in [-0.3, -0.25) is 9.59 Å². The summed E-state index contributed by atoms with van der Waals surface area (Å²) >= 11 is 2.79. The van der Waals surface area contributed by atoms with Crippen molar-refractivity contribution < 1.29 is 14.7 Å². The van der Waals surface area contributed by atoms with Gasteiger partial charge in [-0.1, -0.05) is 0 Å². The average molecular weight is 251 g/mol. The lowest BCUT2D eigenvalue weighted by Crippen LogP contribution is -2.37. The minimum Gasteiger partial charge on any atom is -0.481 e. The molecule has 6 heteroatoms. The van der Waals surface area contributed by atoms with Crippen LogP contribution in [0.5, 0.6) is 0 Å². The van der Waals surface area contributed by atoms with Gasteiger partial charge < -0.3 is 10.4 Å². The lowest BCUT2D eigenvalue weighted by atomic mass is 10.2. The first-order valence-corrected chi connectivity index (χ1v) is 6.87. The number of aliphatic carboxylic acids is 1. The van der Waals surface area contributed by atoms with Crippen molar-refractivity contribution >= 4 is 35.4 Å². The number of carbonyl (C=O) groups is 2. The Morgan fingerprint density at radius 1 is 1.33 bits per heavy atom. The highest BCUT2D eigenvalue weighted by molar-refractivity contribution is 8.00. The SMILES string of the molecule is CSC(C)(C)CNC(=O)CSCC(=O)O. The van der Waals surface area contributed by atoms with E-state index in [1.165, 1.54) is 0 Å². The van der Waals surface area contributed by atoms with Crippen LogP contribution in [0.3, 0.4) is 0 Å². The molecule has 0 saturated heterocycles. The zero-order valence-electron chi connectivity index (χ0n) is 9.20. The molecule has 0 atom stereocenters. The number of hydrogen-bond donors (Lipinski definition) is 2. The third kappa shape index (κ3) is 8.62. The lowest BCUT2D eigenvalue weighted by Gasteiger charge is -2.22. The van der Waals surface area contributed by atoms with E-state index in [9.17, 15) is 9.59 Å². The molecular formula is C9H17NO3S2. The maximum Gasteiger partial charge on any atom is 0.313 e. The molecule has 0 aromatic carbocycles. The van der Waals surface area contributed by atoms with Gasteiger partial charge in [0.05, 0.1) is 11.5 Å². The lowest BCUT2D eigenvalue weighted by molar-refractivity contribution is -0.133. The van der Waals surface area contributed by atoms with Gasteiger partial charge in [0.15, 0.2) is 0 Å². The molecule has 0 rings (SSSR count). The van der Waals surface area contributed by atoms with Crippen molar-refractivity contribution in [1.82, 2.24) is 5.32 Å². The van der Waals surface area contributed by atoms with Crippen LogP contribution in [0.2, 0.25) is 0 Å². The standard InChI is InChI=1S/C9H17NO3S2/c1-9(2,14-3)6-10-7(11)4-15-5-8(12)13/h4-6H2,1-3H3,(H,10,11)(H,12,13). The monoisotopic (exact) mass is 251 g/mol. The Morgan fingerprint density at radius 3 is 2.40 bits per heavy atom. The molecule has 0 radical (unpaired) electrons. The number of carboxylic acid groups (broad SMARTS) is 1. The summed E-state index contributed by atoms with van der Waals surface area (Å²) < 4.78 is 0.0210. The van der Waals surface area contributed by atoms with E-state index in [0.29, 0.717) is 6.54 Å². The molecule has 1 amide bonds. The van der Waals surface area contributed by atoms with Crippen LogP contribution in [0, 0.1) is 0 Å². The summed E-state index contributed by atoms with van der Waals surface area (Å²) in [5.41, 5.74) is 0. The zero-order valence-corrected chi connectivity index (χ0v) is 10.8. The molecule has 15 heavy (non-hydrogen) atoms.